The molecule has 2 aliphatic heterocycles. The summed E-state index contributed by atoms with van der Waals surface area (Å²) in [7, 11) is 0. The first-order valence-corrected chi connectivity index (χ1v) is 10.3. The summed E-state index contributed by atoms with van der Waals surface area (Å²) in [6.07, 6.45) is 1.68. The normalized spacial score (nSPS) is 15.6. The van der Waals surface area contributed by atoms with Crippen molar-refractivity contribution in [1.82, 2.24) is 15.2 Å². The highest BCUT2D eigenvalue weighted by Gasteiger charge is 2.45. The predicted molar refractivity (Wildman–Crippen MR) is 120 cm³/mol. The Labute approximate surface area is 188 Å². The second-order valence-corrected chi connectivity index (χ2v) is 8.03. The lowest BCUT2D eigenvalue weighted by atomic mass is 10.0. The van der Waals surface area contributed by atoms with E-state index in [-0.39, 0.29) is 18.4 Å². The number of amides is 2. The molecule has 0 spiro atoms. The van der Waals surface area contributed by atoms with Gasteiger partial charge in [-0.2, -0.15) is 0 Å². The Morgan fingerprint density at radius 3 is 2.06 bits per heavy atom. The monoisotopic (exact) mass is 447 g/mol. The third-order valence-electron chi connectivity index (χ3n) is 5.23. The maximum atomic E-state index is 13.6. The zero-order valence-electron chi connectivity index (χ0n) is 16.1. The molecule has 1 aromatic heterocycles. The van der Waals surface area contributed by atoms with E-state index in [1.165, 1.54) is 0 Å². The Bertz CT molecular complexity index is 1260. The minimum absolute atomic E-state index is 0.242. The number of halogens is 2. The van der Waals surface area contributed by atoms with E-state index in [1.54, 1.807) is 59.6 Å². The third kappa shape index (κ3) is 3.42. The van der Waals surface area contributed by atoms with Crippen molar-refractivity contribution in [2.45, 2.75) is 6.54 Å². The van der Waals surface area contributed by atoms with Crippen LogP contribution in [0.5, 0.6) is 0 Å². The molecule has 152 valence electrons. The first-order chi connectivity index (χ1) is 15.0. The van der Waals surface area contributed by atoms with Crippen LogP contribution in [-0.4, -0.2) is 21.7 Å². The number of aromatic nitrogens is 1. The fraction of sp³-hybridized carbons (Fsp3) is 0.0417. The van der Waals surface area contributed by atoms with Crippen LogP contribution in [0.1, 0.15) is 16.8 Å². The second-order valence-electron chi connectivity index (χ2n) is 7.15. The molecule has 7 heteroatoms. The quantitative estimate of drug-likeness (QED) is 0.631. The van der Waals surface area contributed by atoms with Gasteiger partial charge >= 0.3 is 0 Å². The highest BCUT2D eigenvalue weighted by Crippen LogP contribution is 2.43. The van der Waals surface area contributed by atoms with Gasteiger partial charge in [0.2, 0.25) is 0 Å². The third-order valence-corrected chi connectivity index (χ3v) is 5.73. The molecule has 0 saturated heterocycles. The van der Waals surface area contributed by atoms with E-state index >= 15 is 0 Å². The van der Waals surface area contributed by atoms with Gasteiger partial charge in [0.05, 0.1) is 34.8 Å². The number of benzene rings is 2. The molecule has 3 heterocycles. The van der Waals surface area contributed by atoms with Gasteiger partial charge in [0.1, 0.15) is 0 Å². The summed E-state index contributed by atoms with van der Waals surface area (Å²) in [4.78, 5) is 32.6. The van der Waals surface area contributed by atoms with Gasteiger partial charge in [-0.05, 0) is 47.5 Å². The number of hydrogen-bond donors (Lipinski definition) is 1. The van der Waals surface area contributed by atoms with Crippen LogP contribution in [0.4, 0.5) is 0 Å². The van der Waals surface area contributed by atoms with Crippen molar-refractivity contribution in [1.29, 1.82) is 0 Å². The number of pyridine rings is 1. The average Bonchev–Trinajstić information content (AvgIpc) is 3.26. The SMILES string of the molecule is O=C1NC(c2ccc(Cl)cc2)=C2C(=O)N(Cc3ccccn3)C(c3ccc(Cl)cc3)=C12. The summed E-state index contributed by atoms with van der Waals surface area (Å²) in [6.45, 7) is 0.242. The molecule has 0 saturated carbocycles. The predicted octanol–water partition coefficient (Wildman–Crippen LogP) is 4.68. The standard InChI is InChI=1S/C24H15Cl2N3O2/c25-16-8-4-14(5-9-16)21-19-20(23(30)28-21)22(15-6-10-17(26)11-7-15)29(24(19)31)13-18-3-1-2-12-27-18/h1-12H,13H2,(H,28,30). The molecular weight excluding hydrogens is 433 g/mol. The van der Waals surface area contributed by atoms with Crippen LogP contribution in [0.25, 0.3) is 11.4 Å². The molecule has 0 aliphatic carbocycles. The molecule has 0 bridgehead atoms. The fourth-order valence-corrected chi connectivity index (χ4v) is 4.09. The molecule has 3 aromatic rings. The van der Waals surface area contributed by atoms with Crippen molar-refractivity contribution in [3.8, 4) is 0 Å². The molecule has 2 amide bonds. The van der Waals surface area contributed by atoms with E-state index in [0.717, 1.165) is 11.3 Å². The van der Waals surface area contributed by atoms with E-state index in [1.807, 2.05) is 18.2 Å². The lowest BCUT2D eigenvalue weighted by Gasteiger charge is -2.21. The molecule has 0 radical (unpaired) electrons. The summed E-state index contributed by atoms with van der Waals surface area (Å²) in [6, 6.07) is 19.6. The maximum absolute atomic E-state index is 13.6. The highest BCUT2D eigenvalue weighted by molar-refractivity contribution is 6.32. The minimum Gasteiger partial charge on any atom is -0.321 e. The number of hydrogen-bond acceptors (Lipinski definition) is 3. The summed E-state index contributed by atoms with van der Waals surface area (Å²) in [5.74, 6) is -0.573. The van der Waals surface area contributed by atoms with Crippen LogP contribution in [0, 0.1) is 0 Å². The molecular formula is C24H15Cl2N3O2. The summed E-state index contributed by atoms with van der Waals surface area (Å²) in [5, 5.41) is 4.02. The second kappa shape index (κ2) is 7.69. The average molecular weight is 448 g/mol. The molecule has 5 nitrogen and oxygen atoms in total. The maximum Gasteiger partial charge on any atom is 0.261 e. The van der Waals surface area contributed by atoms with Gasteiger partial charge in [-0.1, -0.05) is 53.5 Å². The number of carbonyl (C=O) groups is 2. The minimum atomic E-state index is -0.318. The van der Waals surface area contributed by atoms with Crippen LogP contribution < -0.4 is 5.32 Å². The van der Waals surface area contributed by atoms with Gasteiger partial charge in [-0.15, -0.1) is 0 Å². The number of nitrogens with zero attached hydrogens (tertiary/aromatic N) is 2. The number of fused-ring (bicyclic) bond motifs is 1. The van der Waals surface area contributed by atoms with E-state index in [4.69, 9.17) is 23.2 Å². The molecule has 0 unspecified atom stereocenters. The van der Waals surface area contributed by atoms with Crippen LogP contribution >= 0.6 is 23.2 Å². The summed E-state index contributed by atoms with van der Waals surface area (Å²) in [5.41, 5.74) is 3.90. The molecule has 2 aromatic carbocycles. The van der Waals surface area contributed by atoms with Gasteiger partial charge in [0, 0.05) is 16.2 Å². The Morgan fingerprint density at radius 1 is 0.806 bits per heavy atom. The molecule has 31 heavy (non-hydrogen) atoms. The zero-order chi connectivity index (χ0) is 21.5. The van der Waals surface area contributed by atoms with Gasteiger partial charge in [0.25, 0.3) is 11.8 Å². The number of carbonyl (C=O) groups excluding carboxylic acids is 2. The van der Waals surface area contributed by atoms with Crippen LogP contribution in [-0.2, 0) is 16.1 Å². The van der Waals surface area contributed by atoms with Crippen molar-refractivity contribution < 1.29 is 9.59 Å². The van der Waals surface area contributed by atoms with Crippen molar-refractivity contribution in [3.63, 3.8) is 0 Å². The largest absolute Gasteiger partial charge is 0.321 e. The van der Waals surface area contributed by atoms with Crippen molar-refractivity contribution in [2.24, 2.45) is 0 Å². The van der Waals surface area contributed by atoms with Crippen LogP contribution in [0.15, 0.2) is 84.1 Å². The van der Waals surface area contributed by atoms with Gasteiger partial charge < -0.3 is 10.2 Å². The first-order valence-electron chi connectivity index (χ1n) is 9.57. The van der Waals surface area contributed by atoms with Gasteiger partial charge in [0.15, 0.2) is 0 Å². The first kappa shape index (κ1) is 19.5. The fourth-order valence-electron chi connectivity index (χ4n) is 3.83. The van der Waals surface area contributed by atoms with E-state index in [0.29, 0.717) is 38.1 Å². The van der Waals surface area contributed by atoms with Crippen LogP contribution in [0.3, 0.4) is 0 Å². The van der Waals surface area contributed by atoms with Gasteiger partial charge in [-0.25, -0.2) is 0 Å². The lowest BCUT2D eigenvalue weighted by molar-refractivity contribution is -0.123. The Morgan fingerprint density at radius 2 is 1.45 bits per heavy atom. The highest BCUT2D eigenvalue weighted by atomic mass is 35.5. The Hall–Kier alpha value is -3.41. The van der Waals surface area contributed by atoms with Crippen molar-refractivity contribution in [3.05, 3.63) is 111 Å². The van der Waals surface area contributed by atoms with Crippen molar-refractivity contribution in [2.75, 3.05) is 0 Å². The number of nitrogens with one attached hydrogen (secondary N) is 1. The molecule has 5 rings (SSSR count). The molecule has 0 fully saturated rings. The number of rotatable bonds is 4. The summed E-state index contributed by atoms with van der Waals surface area (Å²) >= 11 is 12.1. The molecule has 2 aliphatic rings. The van der Waals surface area contributed by atoms with E-state index in [2.05, 4.69) is 10.3 Å². The smallest absolute Gasteiger partial charge is 0.261 e. The van der Waals surface area contributed by atoms with Crippen molar-refractivity contribution >= 4 is 46.4 Å². The van der Waals surface area contributed by atoms with E-state index < -0.39 is 0 Å². The van der Waals surface area contributed by atoms with Crippen LogP contribution in [0.2, 0.25) is 10.0 Å². The Kier molecular flexibility index (Phi) is 4.85. The summed E-state index contributed by atoms with van der Waals surface area (Å²) < 4.78 is 0. The zero-order valence-corrected chi connectivity index (χ0v) is 17.6. The van der Waals surface area contributed by atoms with Gasteiger partial charge in [-0.3, -0.25) is 14.6 Å². The molecule has 1 N–H and O–H groups in total. The Balaban J connectivity index is 1.70. The molecule has 0 atom stereocenters. The topological polar surface area (TPSA) is 62.3 Å². The van der Waals surface area contributed by atoms with E-state index in [9.17, 15) is 9.59 Å². The lowest BCUT2D eigenvalue weighted by Crippen LogP contribution is -2.27.